The monoisotopic (exact) mass is 367 g/mol. The Morgan fingerprint density at radius 1 is 0.923 bits per heavy atom. The molecular formula is C19H18ClN5O. The normalized spacial score (nSPS) is 15.3. The quantitative estimate of drug-likeness (QED) is 0.712. The average Bonchev–Trinajstić information content (AvgIpc) is 2.69. The summed E-state index contributed by atoms with van der Waals surface area (Å²) in [6, 6.07) is 15.3. The highest BCUT2D eigenvalue weighted by Gasteiger charge is 2.24. The summed E-state index contributed by atoms with van der Waals surface area (Å²) in [5, 5.41) is 8.87. The lowest BCUT2D eigenvalue weighted by molar-refractivity contribution is 0.0615. The number of para-hydroxylation sites is 1. The number of nitrogens with zero attached hydrogens (tertiary/aromatic N) is 5. The SMILES string of the molecule is O=C(c1nnc2ccccc2n1)N1CCN(Cc2ccccc2Cl)CC1. The molecule has 3 aromatic rings. The summed E-state index contributed by atoms with van der Waals surface area (Å²) in [6.45, 7) is 3.64. The van der Waals surface area contributed by atoms with Gasteiger partial charge in [-0.15, -0.1) is 10.2 Å². The Labute approximate surface area is 156 Å². The molecule has 1 aromatic heterocycles. The summed E-state index contributed by atoms with van der Waals surface area (Å²) in [5.41, 5.74) is 2.48. The molecule has 132 valence electrons. The molecule has 1 saturated heterocycles. The van der Waals surface area contributed by atoms with Gasteiger partial charge in [-0.25, -0.2) is 4.98 Å². The summed E-state index contributed by atoms with van der Waals surface area (Å²) in [4.78, 5) is 21.1. The van der Waals surface area contributed by atoms with Gasteiger partial charge in [0.25, 0.3) is 5.91 Å². The molecule has 0 N–H and O–H groups in total. The minimum atomic E-state index is -0.166. The van der Waals surface area contributed by atoms with E-state index in [4.69, 9.17) is 11.6 Å². The van der Waals surface area contributed by atoms with E-state index >= 15 is 0 Å². The maximum absolute atomic E-state index is 12.7. The third-order valence-electron chi connectivity index (χ3n) is 4.56. The number of halogens is 1. The standard InChI is InChI=1S/C19H18ClN5O/c20-15-6-2-1-5-14(15)13-24-9-11-25(12-10-24)19(26)18-21-16-7-3-4-8-17(16)22-23-18/h1-8H,9-13H2. The first-order valence-electron chi connectivity index (χ1n) is 8.55. The molecule has 0 radical (unpaired) electrons. The van der Waals surface area contributed by atoms with Crippen LogP contribution < -0.4 is 0 Å². The molecule has 1 aliphatic rings. The van der Waals surface area contributed by atoms with Crippen LogP contribution in [0.4, 0.5) is 0 Å². The largest absolute Gasteiger partial charge is 0.333 e. The van der Waals surface area contributed by atoms with Crippen molar-refractivity contribution in [2.75, 3.05) is 26.2 Å². The molecule has 0 aliphatic carbocycles. The van der Waals surface area contributed by atoms with Gasteiger partial charge in [-0.05, 0) is 23.8 Å². The molecule has 0 atom stereocenters. The second-order valence-corrected chi connectivity index (χ2v) is 6.69. The van der Waals surface area contributed by atoms with Gasteiger partial charge in [-0.1, -0.05) is 41.9 Å². The maximum atomic E-state index is 12.7. The van der Waals surface area contributed by atoms with Crippen molar-refractivity contribution in [1.82, 2.24) is 25.0 Å². The van der Waals surface area contributed by atoms with Crippen LogP contribution in [0.1, 0.15) is 16.2 Å². The Morgan fingerprint density at radius 3 is 2.38 bits per heavy atom. The summed E-state index contributed by atoms with van der Waals surface area (Å²) in [7, 11) is 0. The highest BCUT2D eigenvalue weighted by atomic mass is 35.5. The molecule has 0 unspecified atom stereocenters. The molecule has 4 rings (SSSR count). The van der Waals surface area contributed by atoms with E-state index in [0.717, 1.165) is 30.2 Å². The molecule has 1 fully saturated rings. The minimum Gasteiger partial charge on any atom is -0.333 e. The van der Waals surface area contributed by atoms with Crippen LogP contribution in [-0.2, 0) is 6.54 Å². The summed E-state index contributed by atoms with van der Waals surface area (Å²) >= 11 is 6.24. The van der Waals surface area contributed by atoms with Crippen LogP contribution in [0.5, 0.6) is 0 Å². The van der Waals surface area contributed by atoms with Crippen LogP contribution in [0.15, 0.2) is 48.5 Å². The molecule has 6 nitrogen and oxygen atoms in total. The number of piperazine rings is 1. The Morgan fingerprint density at radius 2 is 1.62 bits per heavy atom. The predicted molar refractivity (Wildman–Crippen MR) is 100.0 cm³/mol. The van der Waals surface area contributed by atoms with E-state index in [-0.39, 0.29) is 11.7 Å². The van der Waals surface area contributed by atoms with E-state index in [1.54, 1.807) is 4.90 Å². The minimum absolute atomic E-state index is 0.156. The van der Waals surface area contributed by atoms with E-state index < -0.39 is 0 Å². The van der Waals surface area contributed by atoms with E-state index in [2.05, 4.69) is 20.1 Å². The van der Waals surface area contributed by atoms with Gasteiger partial charge in [0.1, 0.15) is 5.52 Å². The third-order valence-corrected chi connectivity index (χ3v) is 4.93. The molecule has 0 bridgehead atoms. The van der Waals surface area contributed by atoms with Crippen molar-refractivity contribution in [2.24, 2.45) is 0 Å². The van der Waals surface area contributed by atoms with Gasteiger partial charge in [0.05, 0.1) is 5.52 Å². The number of hydrogen-bond acceptors (Lipinski definition) is 5. The zero-order chi connectivity index (χ0) is 17.9. The number of carbonyl (C=O) groups is 1. The molecule has 0 spiro atoms. The maximum Gasteiger partial charge on any atom is 0.293 e. The summed E-state index contributed by atoms with van der Waals surface area (Å²) < 4.78 is 0. The number of aromatic nitrogens is 3. The van der Waals surface area contributed by atoms with Gasteiger partial charge < -0.3 is 4.90 Å². The van der Waals surface area contributed by atoms with Crippen molar-refractivity contribution in [2.45, 2.75) is 6.54 Å². The molecule has 2 heterocycles. The zero-order valence-electron chi connectivity index (χ0n) is 14.2. The summed E-state index contributed by atoms with van der Waals surface area (Å²) in [5.74, 6) is -0.0103. The van der Waals surface area contributed by atoms with Gasteiger partial charge >= 0.3 is 0 Å². The van der Waals surface area contributed by atoms with Gasteiger partial charge in [-0.2, -0.15) is 0 Å². The van der Waals surface area contributed by atoms with Crippen molar-refractivity contribution >= 4 is 28.5 Å². The molecule has 1 amide bonds. The number of rotatable bonds is 3. The van der Waals surface area contributed by atoms with E-state index in [9.17, 15) is 4.79 Å². The predicted octanol–water partition coefficient (Wildman–Crippen LogP) is 2.64. The smallest absolute Gasteiger partial charge is 0.293 e. The van der Waals surface area contributed by atoms with Crippen molar-refractivity contribution in [3.63, 3.8) is 0 Å². The fourth-order valence-corrected chi connectivity index (χ4v) is 3.29. The molecule has 1 aliphatic heterocycles. The fraction of sp³-hybridized carbons (Fsp3) is 0.263. The van der Waals surface area contributed by atoms with Gasteiger partial charge in [0, 0.05) is 37.7 Å². The number of amides is 1. The van der Waals surface area contributed by atoms with Gasteiger partial charge in [-0.3, -0.25) is 9.69 Å². The van der Waals surface area contributed by atoms with Crippen LogP contribution in [0.2, 0.25) is 5.02 Å². The van der Waals surface area contributed by atoms with Crippen LogP contribution in [0.3, 0.4) is 0 Å². The highest BCUT2D eigenvalue weighted by molar-refractivity contribution is 6.31. The molecule has 2 aromatic carbocycles. The zero-order valence-corrected chi connectivity index (χ0v) is 14.9. The van der Waals surface area contributed by atoms with E-state index in [1.165, 1.54) is 0 Å². The highest BCUT2D eigenvalue weighted by Crippen LogP contribution is 2.18. The lowest BCUT2D eigenvalue weighted by Gasteiger charge is -2.34. The first-order valence-corrected chi connectivity index (χ1v) is 8.93. The van der Waals surface area contributed by atoms with Crippen LogP contribution >= 0.6 is 11.6 Å². The van der Waals surface area contributed by atoms with Crippen molar-refractivity contribution < 1.29 is 4.79 Å². The topological polar surface area (TPSA) is 62.2 Å². The first kappa shape index (κ1) is 16.9. The van der Waals surface area contributed by atoms with Crippen molar-refractivity contribution in [1.29, 1.82) is 0 Å². The molecule has 0 saturated carbocycles. The number of hydrogen-bond donors (Lipinski definition) is 0. The Bertz CT molecular complexity index is 940. The van der Waals surface area contributed by atoms with E-state index in [1.807, 2.05) is 48.5 Å². The molecule has 7 heteroatoms. The lowest BCUT2D eigenvalue weighted by atomic mass is 10.2. The second-order valence-electron chi connectivity index (χ2n) is 6.28. The summed E-state index contributed by atoms with van der Waals surface area (Å²) in [6.07, 6.45) is 0. The average molecular weight is 368 g/mol. The van der Waals surface area contributed by atoms with Crippen LogP contribution in [-0.4, -0.2) is 57.1 Å². The Hall–Kier alpha value is -2.57. The Balaban J connectivity index is 1.40. The van der Waals surface area contributed by atoms with Crippen molar-refractivity contribution in [3.05, 3.63) is 64.9 Å². The lowest BCUT2D eigenvalue weighted by Crippen LogP contribution is -2.48. The molecule has 26 heavy (non-hydrogen) atoms. The first-order chi connectivity index (χ1) is 12.7. The third kappa shape index (κ3) is 3.52. The van der Waals surface area contributed by atoms with Crippen molar-refractivity contribution in [3.8, 4) is 0 Å². The van der Waals surface area contributed by atoms with Crippen LogP contribution in [0.25, 0.3) is 11.0 Å². The Kier molecular flexibility index (Phi) is 4.77. The van der Waals surface area contributed by atoms with E-state index in [0.29, 0.717) is 24.1 Å². The molecular weight excluding hydrogens is 350 g/mol. The fourth-order valence-electron chi connectivity index (χ4n) is 3.09. The number of fused-ring (bicyclic) bond motifs is 1. The van der Waals surface area contributed by atoms with Crippen LogP contribution in [0, 0.1) is 0 Å². The van der Waals surface area contributed by atoms with Gasteiger partial charge in [0.15, 0.2) is 0 Å². The number of carbonyl (C=O) groups excluding carboxylic acids is 1. The number of benzene rings is 2. The van der Waals surface area contributed by atoms with Gasteiger partial charge in [0.2, 0.25) is 5.82 Å². The second kappa shape index (κ2) is 7.35.